The second-order valence-electron chi connectivity index (χ2n) is 4.04. The van der Waals surface area contributed by atoms with Gasteiger partial charge in [0.05, 0.1) is 0 Å². The molecule has 0 bridgehead atoms. The van der Waals surface area contributed by atoms with Crippen LogP contribution in [0.2, 0.25) is 0 Å². The minimum absolute atomic E-state index is 0.0829. The Morgan fingerprint density at radius 3 is 2.82 bits per heavy atom. The average Bonchev–Trinajstić information content (AvgIpc) is 2.28. The van der Waals surface area contributed by atoms with Crippen molar-refractivity contribution in [3.05, 3.63) is 0 Å². The fourth-order valence-electron chi connectivity index (χ4n) is 1.91. The third-order valence-electron chi connectivity index (χ3n) is 2.75. The molecule has 0 aromatic heterocycles. The number of carbonyl (C=O) groups is 3. The van der Waals surface area contributed by atoms with Crippen LogP contribution in [-0.4, -0.2) is 48.3 Å². The van der Waals surface area contributed by atoms with Gasteiger partial charge in [0, 0.05) is 33.0 Å². The standard InChI is InChI=1S/C11H19N3O3/c1-3-9-11(17)13-6-7-14(9)10(16)4-5-12-8(2)15/h9H,3-7H2,1-2H3,(H,12,15)(H,13,17). The third kappa shape index (κ3) is 3.72. The molecule has 1 fully saturated rings. The Hall–Kier alpha value is -1.59. The SMILES string of the molecule is CCC1C(=O)NCCN1C(=O)CCNC(C)=O. The van der Waals surface area contributed by atoms with Crippen molar-refractivity contribution in [1.82, 2.24) is 15.5 Å². The van der Waals surface area contributed by atoms with Crippen LogP contribution >= 0.6 is 0 Å². The first kappa shape index (κ1) is 13.5. The smallest absolute Gasteiger partial charge is 0.242 e. The van der Waals surface area contributed by atoms with E-state index in [1.807, 2.05) is 6.92 Å². The number of amides is 3. The van der Waals surface area contributed by atoms with Crippen molar-refractivity contribution in [1.29, 1.82) is 0 Å². The average molecular weight is 241 g/mol. The lowest BCUT2D eigenvalue weighted by Crippen LogP contribution is -2.57. The number of piperazine rings is 1. The van der Waals surface area contributed by atoms with Crippen LogP contribution in [-0.2, 0) is 14.4 Å². The fraction of sp³-hybridized carbons (Fsp3) is 0.727. The zero-order valence-electron chi connectivity index (χ0n) is 10.3. The van der Waals surface area contributed by atoms with E-state index in [2.05, 4.69) is 10.6 Å². The van der Waals surface area contributed by atoms with E-state index < -0.39 is 0 Å². The molecular weight excluding hydrogens is 222 g/mol. The molecule has 17 heavy (non-hydrogen) atoms. The van der Waals surface area contributed by atoms with Gasteiger partial charge in [-0.25, -0.2) is 0 Å². The van der Waals surface area contributed by atoms with Gasteiger partial charge in [0.1, 0.15) is 6.04 Å². The first-order valence-electron chi connectivity index (χ1n) is 5.88. The molecule has 6 nitrogen and oxygen atoms in total. The van der Waals surface area contributed by atoms with Gasteiger partial charge in [-0.3, -0.25) is 14.4 Å². The number of nitrogens with one attached hydrogen (secondary N) is 2. The molecule has 1 rings (SSSR count). The second kappa shape index (κ2) is 6.22. The number of hydrogen-bond donors (Lipinski definition) is 2. The summed E-state index contributed by atoms with van der Waals surface area (Å²) in [6, 6.07) is -0.367. The molecule has 1 aliphatic rings. The van der Waals surface area contributed by atoms with E-state index in [-0.39, 0.29) is 30.2 Å². The Morgan fingerprint density at radius 2 is 2.24 bits per heavy atom. The topological polar surface area (TPSA) is 78.5 Å². The van der Waals surface area contributed by atoms with Crippen molar-refractivity contribution in [2.75, 3.05) is 19.6 Å². The highest BCUT2D eigenvalue weighted by molar-refractivity contribution is 5.89. The molecular formula is C11H19N3O3. The normalized spacial score (nSPS) is 19.8. The highest BCUT2D eigenvalue weighted by Gasteiger charge is 2.30. The van der Waals surface area contributed by atoms with Crippen molar-refractivity contribution in [2.24, 2.45) is 0 Å². The zero-order chi connectivity index (χ0) is 12.8. The molecule has 0 radical (unpaired) electrons. The molecule has 0 aromatic carbocycles. The van der Waals surface area contributed by atoms with Crippen LogP contribution in [0.5, 0.6) is 0 Å². The van der Waals surface area contributed by atoms with Gasteiger partial charge in [-0.1, -0.05) is 6.92 Å². The van der Waals surface area contributed by atoms with Crippen LogP contribution in [0, 0.1) is 0 Å². The van der Waals surface area contributed by atoms with Gasteiger partial charge in [-0.2, -0.15) is 0 Å². The van der Waals surface area contributed by atoms with Crippen molar-refractivity contribution in [3.63, 3.8) is 0 Å². The summed E-state index contributed by atoms with van der Waals surface area (Å²) in [5, 5.41) is 5.31. The highest BCUT2D eigenvalue weighted by Crippen LogP contribution is 2.09. The van der Waals surface area contributed by atoms with Gasteiger partial charge in [0.25, 0.3) is 0 Å². The predicted octanol–water partition coefficient (Wildman–Crippen LogP) is -0.750. The summed E-state index contributed by atoms with van der Waals surface area (Å²) in [7, 11) is 0. The molecule has 1 aliphatic heterocycles. The summed E-state index contributed by atoms with van der Waals surface area (Å²) in [4.78, 5) is 35.7. The van der Waals surface area contributed by atoms with Crippen molar-refractivity contribution >= 4 is 17.7 Å². The largest absolute Gasteiger partial charge is 0.356 e. The molecule has 1 unspecified atom stereocenters. The van der Waals surface area contributed by atoms with Crippen molar-refractivity contribution in [2.45, 2.75) is 32.7 Å². The Balaban J connectivity index is 2.48. The monoisotopic (exact) mass is 241 g/mol. The summed E-state index contributed by atoms with van der Waals surface area (Å²) >= 11 is 0. The molecule has 2 N–H and O–H groups in total. The molecule has 0 aromatic rings. The van der Waals surface area contributed by atoms with Gasteiger partial charge in [-0.05, 0) is 6.42 Å². The van der Waals surface area contributed by atoms with Crippen LogP contribution in [0.15, 0.2) is 0 Å². The first-order valence-corrected chi connectivity index (χ1v) is 5.88. The zero-order valence-corrected chi connectivity index (χ0v) is 10.3. The first-order chi connectivity index (χ1) is 8.06. The molecule has 3 amide bonds. The van der Waals surface area contributed by atoms with Crippen molar-refractivity contribution in [3.8, 4) is 0 Å². The van der Waals surface area contributed by atoms with E-state index in [1.165, 1.54) is 6.92 Å². The second-order valence-corrected chi connectivity index (χ2v) is 4.04. The van der Waals surface area contributed by atoms with Crippen LogP contribution in [0.3, 0.4) is 0 Å². The molecule has 1 atom stereocenters. The quantitative estimate of drug-likeness (QED) is 0.679. The molecule has 0 aliphatic carbocycles. The number of hydrogen-bond acceptors (Lipinski definition) is 3. The van der Waals surface area contributed by atoms with Gasteiger partial charge in [-0.15, -0.1) is 0 Å². The molecule has 0 spiro atoms. The van der Waals surface area contributed by atoms with E-state index in [0.29, 0.717) is 26.1 Å². The molecule has 1 saturated heterocycles. The Morgan fingerprint density at radius 1 is 1.53 bits per heavy atom. The van der Waals surface area contributed by atoms with Crippen molar-refractivity contribution < 1.29 is 14.4 Å². The van der Waals surface area contributed by atoms with Gasteiger partial charge in [0.2, 0.25) is 17.7 Å². The summed E-state index contributed by atoms with van der Waals surface area (Å²) in [5.41, 5.74) is 0. The number of carbonyl (C=O) groups excluding carboxylic acids is 3. The Labute approximate surface area is 101 Å². The lowest BCUT2D eigenvalue weighted by Gasteiger charge is -2.34. The Kier molecular flexibility index (Phi) is 4.93. The molecule has 6 heteroatoms. The minimum atomic E-state index is -0.367. The lowest BCUT2D eigenvalue weighted by atomic mass is 10.1. The van der Waals surface area contributed by atoms with E-state index >= 15 is 0 Å². The molecule has 96 valence electrons. The molecule has 0 saturated carbocycles. The van der Waals surface area contributed by atoms with E-state index in [1.54, 1.807) is 4.90 Å². The molecule has 1 heterocycles. The van der Waals surface area contributed by atoms with E-state index in [4.69, 9.17) is 0 Å². The third-order valence-corrected chi connectivity index (χ3v) is 2.75. The van der Waals surface area contributed by atoms with Crippen LogP contribution in [0.4, 0.5) is 0 Å². The maximum Gasteiger partial charge on any atom is 0.242 e. The predicted molar refractivity (Wildman–Crippen MR) is 62.1 cm³/mol. The summed E-state index contributed by atoms with van der Waals surface area (Å²) in [5.74, 6) is -0.326. The van der Waals surface area contributed by atoms with E-state index in [9.17, 15) is 14.4 Å². The van der Waals surface area contributed by atoms with Crippen LogP contribution < -0.4 is 10.6 Å². The maximum atomic E-state index is 11.9. The fourth-order valence-corrected chi connectivity index (χ4v) is 1.91. The minimum Gasteiger partial charge on any atom is -0.356 e. The highest BCUT2D eigenvalue weighted by atomic mass is 16.2. The summed E-state index contributed by atoms with van der Waals surface area (Å²) in [6.45, 7) is 4.66. The number of rotatable bonds is 4. The van der Waals surface area contributed by atoms with Crippen LogP contribution in [0.1, 0.15) is 26.7 Å². The Bertz CT molecular complexity index is 317. The van der Waals surface area contributed by atoms with Gasteiger partial charge in [0.15, 0.2) is 0 Å². The summed E-state index contributed by atoms with van der Waals surface area (Å²) < 4.78 is 0. The number of nitrogens with zero attached hydrogens (tertiary/aromatic N) is 1. The van der Waals surface area contributed by atoms with Gasteiger partial charge < -0.3 is 15.5 Å². The van der Waals surface area contributed by atoms with E-state index in [0.717, 1.165) is 0 Å². The maximum absolute atomic E-state index is 11.9. The lowest BCUT2D eigenvalue weighted by molar-refractivity contribution is -0.143. The summed E-state index contributed by atoms with van der Waals surface area (Å²) in [6.07, 6.45) is 0.848. The van der Waals surface area contributed by atoms with Gasteiger partial charge >= 0.3 is 0 Å². The van der Waals surface area contributed by atoms with Crippen LogP contribution in [0.25, 0.3) is 0 Å².